The van der Waals surface area contributed by atoms with Crippen LogP contribution in [0.4, 0.5) is 0 Å². The lowest BCUT2D eigenvalue weighted by Gasteiger charge is -2.16. The van der Waals surface area contributed by atoms with Gasteiger partial charge in [0.1, 0.15) is 13.2 Å². The van der Waals surface area contributed by atoms with Gasteiger partial charge in [0.25, 0.3) is 0 Å². The number of carbonyl (C=O) groups excluding carboxylic acids is 2. The summed E-state index contributed by atoms with van der Waals surface area (Å²) in [5, 5.41) is 0. The van der Waals surface area contributed by atoms with E-state index in [9.17, 15) is 9.59 Å². The summed E-state index contributed by atoms with van der Waals surface area (Å²) in [5.74, 6) is -0.502. The fourth-order valence-electron chi connectivity index (χ4n) is 0.817. The monoisotopic (exact) mass is 256 g/mol. The Kier molecular flexibility index (Phi) is 6.09. The minimum atomic E-state index is -0.494. The van der Waals surface area contributed by atoms with E-state index in [1.807, 2.05) is 0 Å². The van der Waals surface area contributed by atoms with Gasteiger partial charge in [-0.2, -0.15) is 0 Å². The number of carbonyl (C=O) groups is 2. The number of esters is 2. The van der Waals surface area contributed by atoms with E-state index in [0.717, 1.165) is 0 Å². The van der Waals surface area contributed by atoms with Crippen LogP contribution in [0.15, 0.2) is 12.2 Å². The Morgan fingerprint density at radius 3 is 1.28 bits per heavy atom. The highest BCUT2D eigenvalue weighted by molar-refractivity contribution is 5.75. The normalized spacial score (nSPS) is 12.6. The van der Waals surface area contributed by atoms with E-state index in [0.29, 0.717) is 0 Å². The summed E-state index contributed by atoms with van der Waals surface area (Å²) in [7, 11) is 0. The molecule has 0 bridgehead atoms. The van der Waals surface area contributed by atoms with Gasteiger partial charge in [-0.1, -0.05) is 0 Å². The van der Waals surface area contributed by atoms with Crippen molar-refractivity contribution in [2.75, 3.05) is 13.2 Å². The maximum Gasteiger partial charge on any atom is 0.311 e. The van der Waals surface area contributed by atoms with E-state index < -0.39 is 10.8 Å². The summed E-state index contributed by atoms with van der Waals surface area (Å²) in [6.45, 7) is 11.2. The van der Waals surface area contributed by atoms with Crippen molar-refractivity contribution in [1.82, 2.24) is 0 Å². The van der Waals surface area contributed by atoms with Gasteiger partial charge in [-0.3, -0.25) is 9.59 Å². The highest BCUT2D eigenvalue weighted by Gasteiger charge is 2.23. The molecule has 0 spiro atoms. The second-order valence-electron chi connectivity index (χ2n) is 6.17. The largest absolute Gasteiger partial charge is 0.461 e. The first-order valence-corrected chi connectivity index (χ1v) is 6.04. The average Bonchev–Trinajstić information content (AvgIpc) is 2.19. The molecule has 4 nitrogen and oxygen atoms in total. The SMILES string of the molecule is CC(C)(C)C(=O)OC/C=C/COC(=O)C(C)(C)C. The molecule has 0 saturated carbocycles. The second kappa shape index (κ2) is 6.57. The number of rotatable bonds is 4. The maximum atomic E-state index is 11.4. The molecular weight excluding hydrogens is 232 g/mol. The van der Waals surface area contributed by atoms with Gasteiger partial charge < -0.3 is 9.47 Å². The first-order chi connectivity index (χ1) is 8.05. The van der Waals surface area contributed by atoms with Crippen LogP contribution < -0.4 is 0 Å². The van der Waals surface area contributed by atoms with E-state index in [-0.39, 0.29) is 25.2 Å². The fourth-order valence-corrected chi connectivity index (χ4v) is 0.817. The van der Waals surface area contributed by atoms with Gasteiger partial charge in [-0.15, -0.1) is 0 Å². The van der Waals surface area contributed by atoms with Crippen molar-refractivity contribution in [3.63, 3.8) is 0 Å². The number of ether oxygens (including phenoxy) is 2. The number of hydrogen-bond acceptors (Lipinski definition) is 4. The van der Waals surface area contributed by atoms with Gasteiger partial charge in [-0.25, -0.2) is 0 Å². The van der Waals surface area contributed by atoms with E-state index in [4.69, 9.17) is 9.47 Å². The van der Waals surface area contributed by atoms with Crippen molar-refractivity contribution in [3.8, 4) is 0 Å². The van der Waals surface area contributed by atoms with Crippen molar-refractivity contribution in [2.24, 2.45) is 10.8 Å². The van der Waals surface area contributed by atoms with Crippen LogP contribution in [0, 0.1) is 10.8 Å². The van der Waals surface area contributed by atoms with E-state index in [2.05, 4.69) is 0 Å². The first kappa shape index (κ1) is 16.7. The lowest BCUT2D eigenvalue weighted by Crippen LogP contribution is -2.23. The van der Waals surface area contributed by atoms with Crippen LogP contribution in [0.3, 0.4) is 0 Å². The summed E-state index contributed by atoms with van der Waals surface area (Å²) in [4.78, 5) is 22.8. The van der Waals surface area contributed by atoms with Crippen LogP contribution in [-0.4, -0.2) is 25.2 Å². The van der Waals surface area contributed by atoms with Gasteiger partial charge in [0.2, 0.25) is 0 Å². The van der Waals surface area contributed by atoms with Crippen molar-refractivity contribution in [2.45, 2.75) is 41.5 Å². The Bertz CT molecular complexity index is 284. The Hall–Kier alpha value is -1.32. The Labute approximate surface area is 109 Å². The molecule has 0 aliphatic heterocycles. The van der Waals surface area contributed by atoms with Crippen molar-refractivity contribution < 1.29 is 19.1 Å². The number of hydrogen-bond donors (Lipinski definition) is 0. The summed E-state index contributed by atoms with van der Waals surface area (Å²) >= 11 is 0. The Balaban J connectivity index is 3.81. The van der Waals surface area contributed by atoms with Crippen LogP contribution >= 0.6 is 0 Å². The first-order valence-electron chi connectivity index (χ1n) is 6.04. The van der Waals surface area contributed by atoms with Crippen LogP contribution in [0.1, 0.15) is 41.5 Å². The zero-order chi connectivity index (χ0) is 14.4. The molecular formula is C14H24O4. The van der Waals surface area contributed by atoms with E-state index in [1.54, 1.807) is 53.7 Å². The third kappa shape index (κ3) is 7.09. The maximum absolute atomic E-state index is 11.4. The molecule has 0 atom stereocenters. The topological polar surface area (TPSA) is 52.6 Å². The van der Waals surface area contributed by atoms with Gasteiger partial charge in [0, 0.05) is 0 Å². The van der Waals surface area contributed by atoms with Crippen LogP contribution in [0.2, 0.25) is 0 Å². The third-order valence-electron chi connectivity index (χ3n) is 2.01. The highest BCUT2D eigenvalue weighted by atomic mass is 16.5. The van der Waals surface area contributed by atoms with Gasteiger partial charge >= 0.3 is 11.9 Å². The molecule has 18 heavy (non-hydrogen) atoms. The lowest BCUT2D eigenvalue weighted by molar-refractivity contribution is -0.152. The molecule has 0 N–H and O–H groups in total. The minimum Gasteiger partial charge on any atom is -0.461 e. The van der Waals surface area contributed by atoms with Crippen LogP contribution in [-0.2, 0) is 19.1 Å². The zero-order valence-corrected chi connectivity index (χ0v) is 12.2. The minimum absolute atomic E-state index is 0.198. The highest BCUT2D eigenvalue weighted by Crippen LogP contribution is 2.15. The van der Waals surface area contributed by atoms with E-state index >= 15 is 0 Å². The van der Waals surface area contributed by atoms with Crippen molar-refractivity contribution in [3.05, 3.63) is 12.2 Å². The quantitative estimate of drug-likeness (QED) is 0.573. The molecule has 0 unspecified atom stereocenters. The standard InChI is InChI=1S/C14H24O4/c1-13(2,3)11(15)17-9-7-8-10-18-12(16)14(4,5)6/h7-8H,9-10H2,1-6H3/b8-7+. The smallest absolute Gasteiger partial charge is 0.311 e. The molecule has 4 heteroatoms. The molecule has 0 aromatic carbocycles. The Morgan fingerprint density at radius 1 is 0.778 bits per heavy atom. The average molecular weight is 256 g/mol. The zero-order valence-electron chi connectivity index (χ0n) is 12.2. The van der Waals surface area contributed by atoms with Gasteiger partial charge in [0.05, 0.1) is 10.8 Å². The summed E-state index contributed by atoms with van der Waals surface area (Å²) < 4.78 is 10.0. The molecule has 0 fully saturated rings. The predicted molar refractivity (Wildman–Crippen MR) is 70.0 cm³/mol. The summed E-state index contributed by atoms with van der Waals surface area (Å²) in [6.07, 6.45) is 3.33. The fraction of sp³-hybridized carbons (Fsp3) is 0.714. The molecule has 104 valence electrons. The Morgan fingerprint density at radius 2 is 1.06 bits per heavy atom. The van der Waals surface area contributed by atoms with Crippen LogP contribution in [0.25, 0.3) is 0 Å². The van der Waals surface area contributed by atoms with Gasteiger partial charge in [-0.05, 0) is 53.7 Å². The third-order valence-corrected chi connectivity index (χ3v) is 2.01. The lowest BCUT2D eigenvalue weighted by atomic mass is 9.97. The molecule has 0 aromatic rings. The second-order valence-corrected chi connectivity index (χ2v) is 6.17. The van der Waals surface area contributed by atoms with Gasteiger partial charge in [0.15, 0.2) is 0 Å². The summed E-state index contributed by atoms with van der Waals surface area (Å²) in [6, 6.07) is 0. The van der Waals surface area contributed by atoms with Crippen molar-refractivity contribution >= 4 is 11.9 Å². The molecule has 0 saturated heterocycles. The van der Waals surface area contributed by atoms with E-state index in [1.165, 1.54) is 0 Å². The molecule has 0 aliphatic carbocycles. The predicted octanol–water partition coefficient (Wildman–Crippen LogP) is 2.72. The molecule has 0 aliphatic rings. The molecule has 0 aromatic heterocycles. The summed E-state index contributed by atoms with van der Waals surface area (Å²) in [5.41, 5.74) is -0.987. The molecule has 0 amide bonds. The van der Waals surface area contributed by atoms with Crippen LogP contribution in [0.5, 0.6) is 0 Å². The molecule has 0 heterocycles. The van der Waals surface area contributed by atoms with Crippen molar-refractivity contribution in [1.29, 1.82) is 0 Å². The molecule has 0 rings (SSSR count). The molecule has 0 radical (unpaired) electrons.